The maximum Gasteiger partial charge on any atom is 0.119 e. The van der Waals surface area contributed by atoms with E-state index in [1.807, 2.05) is 0 Å². The molecule has 1 saturated heterocycles. The molecule has 2 atom stereocenters. The van der Waals surface area contributed by atoms with Crippen molar-refractivity contribution in [1.29, 1.82) is 0 Å². The summed E-state index contributed by atoms with van der Waals surface area (Å²) in [4.78, 5) is 2.57. The highest BCUT2D eigenvalue weighted by atomic mass is 16.5. The van der Waals surface area contributed by atoms with Crippen LogP contribution in [0.3, 0.4) is 0 Å². The quantitative estimate of drug-likeness (QED) is 0.792. The highest BCUT2D eigenvalue weighted by Crippen LogP contribution is 2.25. The molecule has 1 aliphatic heterocycles. The molecule has 1 aliphatic rings. The fraction of sp³-hybridized carbons (Fsp3) is 0.684. The zero-order valence-electron chi connectivity index (χ0n) is 14.4. The van der Waals surface area contributed by atoms with Crippen LogP contribution in [-0.2, 0) is 5.41 Å². The Morgan fingerprint density at radius 1 is 1.24 bits per heavy atom. The Bertz CT molecular complexity index is 432. The number of rotatable bonds is 5. The summed E-state index contributed by atoms with van der Waals surface area (Å²) in [7, 11) is 0. The lowest BCUT2D eigenvalue weighted by Crippen LogP contribution is -2.35. The van der Waals surface area contributed by atoms with Gasteiger partial charge in [0.1, 0.15) is 12.4 Å². The van der Waals surface area contributed by atoms with Gasteiger partial charge in [-0.1, -0.05) is 46.2 Å². The third-order valence-corrected chi connectivity index (χ3v) is 4.73. The molecular weight excluding hydrogens is 258 g/mol. The van der Waals surface area contributed by atoms with Gasteiger partial charge in [0.2, 0.25) is 0 Å². The fourth-order valence-corrected chi connectivity index (χ4v) is 2.97. The number of nitrogens with zero attached hydrogens (tertiary/aromatic N) is 1. The number of likely N-dealkylation sites (tertiary alicyclic amines) is 1. The standard InChI is InChI=1S/C19H31NO/c1-6-16-11-12-20(13-16)15(2)14-21-18-9-7-17(8-10-18)19(3,4)5/h7-10,15-16H,6,11-14H2,1-5H3/t15?,16-/m1/s1. The molecule has 0 radical (unpaired) electrons. The van der Waals surface area contributed by atoms with Gasteiger partial charge in [-0.25, -0.2) is 0 Å². The van der Waals surface area contributed by atoms with Crippen LogP contribution in [0.1, 0.15) is 53.0 Å². The summed E-state index contributed by atoms with van der Waals surface area (Å²) < 4.78 is 5.98. The largest absolute Gasteiger partial charge is 0.492 e. The van der Waals surface area contributed by atoms with Crippen molar-refractivity contribution in [1.82, 2.24) is 4.90 Å². The fourth-order valence-electron chi connectivity index (χ4n) is 2.97. The zero-order valence-corrected chi connectivity index (χ0v) is 14.4. The third kappa shape index (κ3) is 4.47. The molecular formula is C19H31NO. The van der Waals surface area contributed by atoms with E-state index in [-0.39, 0.29) is 5.41 Å². The molecule has 2 rings (SSSR count). The molecule has 118 valence electrons. The van der Waals surface area contributed by atoms with E-state index in [9.17, 15) is 0 Å². The second kappa shape index (κ2) is 6.83. The lowest BCUT2D eigenvalue weighted by atomic mass is 9.87. The average Bonchev–Trinajstić information content (AvgIpc) is 2.93. The van der Waals surface area contributed by atoms with Gasteiger partial charge in [-0.2, -0.15) is 0 Å². The summed E-state index contributed by atoms with van der Waals surface area (Å²) in [5, 5.41) is 0. The van der Waals surface area contributed by atoms with E-state index in [4.69, 9.17) is 4.74 Å². The summed E-state index contributed by atoms with van der Waals surface area (Å²) in [5.74, 6) is 1.87. The van der Waals surface area contributed by atoms with Crippen LogP contribution in [0.4, 0.5) is 0 Å². The molecule has 0 N–H and O–H groups in total. The first-order valence-electron chi connectivity index (χ1n) is 8.37. The van der Waals surface area contributed by atoms with Gasteiger partial charge in [-0.15, -0.1) is 0 Å². The minimum atomic E-state index is 0.205. The van der Waals surface area contributed by atoms with Gasteiger partial charge in [0.15, 0.2) is 0 Å². The maximum absolute atomic E-state index is 5.98. The molecule has 0 spiro atoms. The van der Waals surface area contributed by atoms with Crippen molar-refractivity contribution in [2.75, 3.05) is 19.7 Å². The molecule has 1 unspecified atom stereocenters. The third-order valence-electron chi connectivity index (χ3n) is 4.73. The van der Waals surface area contributed by atoms with Gasteiger partial charge < -0.3 is 4.74 Å². The van der Waals surface area contributed by atoms with E-state index in [0.29, 0.717) is 6.04 Å². The van der Waals surface area contributed by atoms with Crippen molar-refractivity contribution >= 4 is 0 Å². The first-order chi connectivity index (χ1) is 9.90. The van der Waals surface area contributed by atoms with Crippen LogP contribution >= 0.6 is 0 Å². The van der Waals surface area contributed by atoms with Crippen molar-refractivity contribution in [2.45, 2.75) is 58.9 Å². The Labute approximate surface area is 130 Å². The Kier molecular flexibility index (Phi) is 5.32. The minimum Gasteiger partial charge on any atom is -0.492 e. The molecule has 0 saturated carbocycles. The topological polar surface area (TPSA) is 12.5 Å². The van der Waals surface area contributed by atoms with Crippen LogP contribution in [-0.4, -0.2) is 30.6 Å². The summed E-state index contributed by atoms with van der Waals surface area (Å²) >= 11 is 0. The summed E-state index contributed by atoms with van der Waals surface area (Å²) in [6, 6.07) is 9.08. The average molecular weight is 289 g/mol. The Balaban J connectivity index is 1.83. The molecule has 2 nitrogen and oxygen atoms in total. The molecule has 1 fully saturated rings. The van der Waals surface area contributed by atoms with E-state index in [1.54, 1.807) is 0 Å². The van der Waals surface area contributed by atoms with Crippen LogP contribution in [0.15, 0.2) is 24.3 Å². The van der Waals surface area contributed by atoms with Crippen molar-refractivity contribution < 1.29 is 4.74 Å². The Morgan fingerprint density at radius 2 is 1.90 bits per heavy atom. The summed E-state index contributed by atoms with van der Waals surface area (Å²) in [6.07, 6.45) is 2.65. The molecule has 0 aromatic heterocycles. The number of hydrogen-bond donors (Lipinski definition) is 0. The lowest BCUT2D eigenvalue weighted by Gasteiger charge is -2.24. The molecule has 2 heteroatoms. The van der Waals surface area contributed by atoms with Gasteiger partial charge in [0.05, 0.1) is 0 Å². The van der Waals surface area contributed by atoms with E-state index in [1.165, 1.54) is 31.5 Å². The predicted octanol–water partition coefficient (Wildman–Crippen LogP) is 4.48. The smallest absolute Gasteiger partial charge is 0.119 e. The zero-order chi connectivity index (χ0) is 15.5. The number of ether oxygens (including phenoxy) is 1. The Morgan fingerprint density at radius 3 is 2.43 bits per heavy atom. The normalized spacial score (nSPS) is 21.5. The number of benzene rings is 1. The van der Waals surface area contributed by atoms with E-state index in [2.05, 4.69) is 63.8 Å². The van der Waals surface area contributed by atoms with Gasteiger partial charge >= 0.3 is 0 Å². The SMILES string of the molecule is CC[C@@H]1CCN(C(C)COc2ccc(C(C)(C)C)cc2)C1. The van der Waals surface area contributed by atoms with Crippen LogP contribution in [0.2, 0.25) is 0 Å². The van der Waals surface area contributed by atoms with E-state index < -0.39 is 0 Å². The first-order valence-corrected chi connectivity index (χ1v) is 8.37. The van der Waals surface area contributed by atoms with Crippen molar-refractivity contribution in [2.24, 2.45) is 5.92 Å². The van der Waals surface area contributed by atoms with Crippen molar-refractivity contribution in [3.8, 4) is 5.75 Å². The van der Waals surface area contributed by atoms with Gasteiger partial charge in [-0.05, 0) is 48.9 Å². The minimum absolute atomic E-state index is 0.205. The number of hydrogen-bond acceptors (Lipinski definition) is 2. The maximum atomic E-state index is 5.98. The van der Waals surface area contributed by atoms with Crippen LogP contribution in [0, 0.1) is 5.92 Å². The van der Waals surface area contributed by atoms with Crippen molar-refractivity contribution in [3.63, 3.8) is 0 Å². The molecule has 1 aromatic rings. The van der Waals surface area contributed by atoms with Crippen molar-refractivity contribution in [3.05, 3.63) is 29.8 Å². The second-order valence-corrected chi connectivity index (χ2v) is 7.49. The molecule has 0 amide bonds. The molecule has 0 aliphatic carbocycles. The second-order valence-electron chi connectivity index (χ2n) is 7.49. The molecule has 1 heterocycles. The summed E-state index contributed by atoms with van der Waals surface area (Å²) in [6.45, 7) is 14.5. The monoisotopic (exact) mass is 289 g/mol. The molecule has 1 aromatic carbocycles. The first kappa shape index (κ1) is 16.4. The van der Waals surface area contributed by atoms with Crippen LogP contribution in [0.5, 0.6) is 5.75 Å². The van der Waals surface area contributed by atoms with Gasteiger partial charge in [0.25, 0.3) is 0 Å². The highest BCUT2D eigenvalue weighted by Gasteiger charge is 2.25. The van der Waals surface area contributed by atoms with E-state index >= 15 is 0 Å². The van der Waals surface area contributed by atoms with Crippen LogP contribution < -0.4 is 4.74 Å². The lowest BCUT2D eigenvalue weighted by molar-refractivity contribution is 0.168. The van der Waals surface area contributed by atoms with Gasteiger partial charge in [0, 0.05) is 12.6 Å². The predicted molar refractivity (Wildman–Crippen MR) is 90.1 cm³/mol. The Hall–Kier alpha value is -1.02. The van der Waals surface area contributed by atoms with Crippen LogP contribution in [0.25, 0.3) is 0 Å². The van der Waals surface area contributed by atoms with Gasteiger partial charge in [-0.3, -0.25) is 4.90 Å². The molecule has 21 heavy (non-hydrogen) atoms. The molecule has 0 bridgehead atoms. The summed E-state index contributed by atoms with van der Waals surface area (Å²) in [5.41, 5.74) is 1.56. The highest BCUT2D eigenvalue weighted by molar-refractivity contribution is 5.31. The van der Waals surface area contributed by atoms with E-state index in [0.717, 1.165) is 18.3 Å².